The normalized spacial score (nSPS) is 22.2. The Morgan fingerprint density at radius 3 is 2.74 bits per heavy atom. The summed E-state index contributed by atoms with van der Waals surface area (Å²) in [5, 5.41) is 1.26. The molecule has 1 heterocycles. The maximum absolute atomic E-state index is 12.7. The Morgan fingerprint density at radius 1 is 1.26 bits per heavy atom. The molecule has 2 nitrogen and oxygen atoms in total. The van der Waals surface area contributed by atoms with E-state index < -0.39 is 0 Å². The van der Waals surface area contributed by atoms with Gasteiger partial charge in [0.15, 0.2) is 5.78 Å². The third-order valence-corrected chi connectivity index (χ3v) is 4.64. The molecule has 0 fully saturated rings. The predicted octanol–water partition coefficient (Wildman–Crippen LogP) is 4.28. The van der Waals surface area contributed by atoms with Crippen LogP contribution in [0.1, 0.15) is 55.1 Å². The molecule has 19 heavy (non-hydrogen) atoms. The topological polar surface area (TPSA) is 22.0 Å². The number of unbranched alkanes of at least 4 members (excludes halogenated alkanes) is 1. The largest absolute Gasteiger partial charge is 0.341 e. The van der Waals surface area contributed by atoms with Crippen molar-refractivity contribution < 1.29 is 4.79 Å². The first-order valence-corrected chi connectivity index (χ1v) is 7.28. The monoisotopic (exact) mass is 255 g/mol. The highest BCUT2D eigenvalue weighted by Crippen LogP contribution is 2.44. The van der Waals surface area contributed by atoms with Gasteiger partial charge in [0, 0.05) is 23.9 Å². The third kappa shape index (κ3) is 1.66. The van der Waals surface area contributed by atoms with Crippen LogP contribution in [0.5, 0.6) is 0 Å². The molecule has 0 radical (unpaired) electrons. The highest BCUT2D eigenvalue weighted by molar-refractivity contribution is 6.08. The lowest BCUT2D eigenvalue weighted by atomic mass is 9.88. The smallest absolute Gasteiger partial charge is 0.183 e. The van der Waals surface area contributed by atoms with Crippen molar-refractivity contribution in [1.82, 2.24) is 4.57 Å². The summed E-state index contributed by atoms with van der Waals surface area (Å²) in [7, 11) is 2.02. The molecule has 2 aromatic rings. The molecule has 0 spiro atoms. The van der Waals surface area contributed by atoms with Gasteiger partial charge in [-0.15, -0.1) is 0 Å². The molecule has 0 aliphatic heterocycles. The SMILES string of the molecule is CCCC[C@H]1C(=O)c2c(c3ccccc3n2C)[C@@H]1C. The van der Waals surface area contributed by atoms with Crippen LogP contribution in [0.25, 0.3) is 10.9 Å². The summed E-state index contributed by atoms with van der Waals surface area (Å²) >= 11 is 0. The van der Waals surface area contributed by atoms with E-state index in [2.05, 4.69) is 36.6 Å². The number of hydrogen-bond acceptors (Lipinski definition) is 1. The molecule has 1 aliphatic carbocycles. The highest BCUT2D eigenvalue weighted by Gasteiger charge is 2.40. The number of aromatic nitrogens is 1. The number of rotatable bonds is 3. The Balaban J connectivity index is 2.13. The van der Waals surface area contributed by atoms with Gasteiger partial charge in [0.25, 0.3) is 0 Å². The van der Waals surface area contributed by atoms with Crippen molar-refractivity contribution >= 4 is 16.7 Å². The van der Waals surface area contributed by atoms with Gasteiger partial charge in [-0.3, -0.25) is 4.79 Å². The molecule has 2 atom stereocenters. The van der Waals surface area contributed by atoms with Gasteiger partial charge in [0.05, 0.1) is 5.69 Å². The Labute approximate surface area is 114 Å². The van der Waals surface area contributed by atoms with E-state index in [1.165, 1.54) is 16.5 Å². The van der Waals surface area contributed by atoms with Gasteiger partial charge < -0.3 is 4.57 Å². The lowest BCUT2D eigenvalue weighted by molar-refractivity contribution is 0.0910. The molecule has 1 aliphatic rings. The number of carbonyl (C=O) groups excluding carboxylic acids is 1. The second-order valence-electron chi connectivity index (χ2n) is 5.74. The zero-order valence-corrected chi connectivity index (χ0v) is 11.9. The molecular formula is C17H21NO. The Morgan fingerprint density at radius 2 is 2.00 bits per heavy atom. The van der Waals surface area contributed by atoms with Crippen LogP contribution in [0.3, 0.4) is 0 Å². The number of Topliss-reactive ketones (excluding diaryl/α,β-unsaturated/α-hetero) is 1. The summed E-state index contributed by atoms with van der Waals surface area (Å²) in [6.07, 6.45) is 3.33. The number of fused-ring (bicyclic) bond motifs is 3. The van der Waals surface area contributed by atoms with E-state index in [4.69, 9.17) is 0 Å². The van der Waals surface area contributed by atoms with Gasteiger partial charge in [-0.2, -0.15) is 0 Å². The van der Waals surface area contributed by atoms with Crippen LogP contribution in [-0.2, 0) is 7.05 Å². The summed E-state index contributed by atoms with van der Waals surface area (Å²) in [6.45, 7) is 4.41. The van der Waals surface area contributed by atoms with Crippen molar-refractivity contribution in [3.63, 3.8) is 0 Å². The van der Waals surface area contributed by atoms with Crippen LogP contribution in [0, 0.1) is 5.92 Å². The zero-order valence-electron chi connectivity index (χ0n) is 11.9. The number of nitrogens with zero attached hydrogens (tertiary/aromatic N) is 1. The first-order chi connectivity index (χ1) is 9.16. The first kappa shape index (κ1) is 12.5. The molecule has 0 saturated heterocycles. The average Bonchev–Trinajstić information content (AvgIpc) is 2.85. The van der Waals surface area contributed by atoms with Gasteiger partial charge in [0.1, 0.15) is 0 Å². The van der Waals surface area contributed by atoms with Crippen LogP contribution in [0.2, 0.25) is 0 Å². The van der Waals surface area contributed by atoms with E-state index in [0.717, 1.165) is 25.0 Å². The molecule has 1 aromatic heterocycles. The molecule has 3 rings (SSSR count). The number of ketones is 1. The molecular weight excluding hydrogens is 234 g/mol. The second kappa shape index (κ2) is 4.52. The lowest BCUT2D eigenvalue weighted by Gasteiger charge is -2.15. The van der Waals surface area contributed by atoms with E-state index >= 15 is 0 Å². The predicted molar refractivity (Wildman–Crippen MR) is 78.7 cm³/mol. The third-order valence-electron chi connectivity index (χ3n) is 4.64. The molecule has 0 amide bonds. The number of carbonyl (C=O) groups is 1. The minimum absolute atomic E-state index is 0.195. The van der Waals surface area contributed by atoms with E-state index in [1.807, 2.05) is 13.1 Å². The maximum atomic E-state index is 12.7. The maximum Gasteiger partial charge on any atom is 0.183 e. The van der Waals surface area contributed by atoms with E-state index in [1.54, 1.807) is 0 Å². The van der Waals surface area contributed by atoms with Crippen molar-refractivity contribution in [2.75, 3.05) is 0 Å². The molecule has 0 bridgehead atoms. The lowest BCUT2D eigenvalue weighted by Crippen LogP contribution is -2.14. The van der Waals surface area contributed by atoms with Gasteiger partial charge in [0.2, 0.25) is 0 Å². The van der Waals surface area contributed by atoms with Crippen molar-refractivity contribution in [2.24, 2.45) is 13.0 Å². The zero-order chi connectivity index (χ0) is 13.6. The minimum atomic E-state index is 0.195. The fraction of sp³-hybridized carbons (Fsp3) is 0.471. The van der Waals surface area contributed by atoms with Gasteiger partial charge >= 0.3 is 0 Å². The first-order valence-electron chi connectivity index (χ1n) is 7.28. The van der Waals surface area contributed by atoms with Crippen LogP contribution >= 0.6 is 0 Å². The number of benzene rings is 1. The van der Waals surface area contributed by atoms with E-state index in [0.29, 0.717) is 11.7 Å². The van der Waals surface area contributed by atoms with Crippen LogP contribution in [0.4, 0.5) is 0 Å². The number of para-hydroxylation sites is 1. The summed E-state index contributed by atoms with van der Waals surface area (Å²) in [4.78, 5) is 12.7. The fourth-order valence-electron chi connectivity index (χ4n) is 3.59. The standard InChI is InChI=1S/C17H21NO/c1-4-5-8-12-11(2)15-13-9-6-7-10-14(13)18(3)16(15)17(12)19/h6-7,9-12H,4-5,8H2,1-3H3/t11-,12-/m1/s1. The van der Waals surface area contributed by atoms with Gasteiger partial charge in [-0.25, -0.2) is 0 Å². The molecule has 0 saturated carbocycles. The Bertz CT molecular complexity index is 638. The van der Waals surface area contributed by atoms with E-state index in [9.17, 15) is 4.79 Å². The van der Waals surface area contributed by atoms with E-state index in [-0.39, 0.29) is 5.92 Å². The quantitative estimate of drug-likeness (QED) is 0.802. The molecule has 0 N–H and O–H groups in total. The van der Waals surface area contributed by atoms with Gasteiger partial charge in [-0.05, 0) is 24.0 Å². The summed E-state index contributed by atoms with van der Waals surface area (Å²) < 4.78 is 2.09. The minimum Gasteiger partial charge on any atom is -0.341 e. The van der Waals surface area contributed by atoms with Crippen molar-refractivity contribution in [2.45, 2.75) is 39.0 Å². The average molecular weight is 255 g/mol. The second-order valence-corrected chi connectivity index (χ2v) is 5.74. The fourth-order valence-corrected chi connectivity index (χ4v) is 3.59. The number of hydrogen-bond donors (Lipinski definition) is 0. The van der Waals surface area contributed by atoms with Crippen molar-refractivity contribution in [3.8, 4) is 0 Å². The van der Waals surface area contributed by atoms with Gasteiger partial charge in [-0.1, -0.05) is 44.9 Å². The van der Waals surface area contributed by atoms with Crippen molar-refractivity contribution in [3.05, 3.63) is 35.5 Å². The summed E-state index contributed by atoms with van der Waals surface area (Å²) in [6, 6.07) is 8.37. The highest BCUT2D eigenvalue weighted by atomic mass is 16.1. The number of aryl methyl sites for hydroxylation is 1. The molecule has 0 unspecified atom stereocenters. The Hall–Kier alpha value is -1.57. The summed E-state index contributed by atoms with van der Waals surface area (Å²) in [5.41, 5.74) is 3.42. The molecule has 2 heteroatoms. The molecule has 100 valence electrons. The van der Waals surface area contributed by atoms with Crippen LogP contribution in [-0.4, -0.2) is 10.4 Å². The Kier molecular flexibility index (Phi) is 2.96. The summed E-state index contributed by atoms with van der Waals surface area (Å²) in [5.74, 6) is 0.913. The van der Waals surface area contributed by atoms with Crippen LogP contribution in [0.15, 0.2) is 24.3 Å². The molecule has 1 aromatic carbocycles. The van der Waals surface area contributed by atoms with Crippen molar-refractivity contribution in [1.29, 1.82) is 0 Å². The van der Waals surface area contributed by atoms with Crippen LogP contribution < -0.4 is 0 Å².